The molecule has 2 aromatic rings. The summed E-state index contributed by atoms with van der Waals surface area (Å²) in [5.74, 6) is 0.648. The Kier molecular flexibility index (Phi) is 6.05. The van der Waals surface area contributed by atoms with Gasteiger partial charge in [0, 0.05) is 19.0 Å². The van der Waals surface area contributed by atoms with Gasteiger partial charge in [-0.1, -0.05) is 6.07 Å². The Morgan fingerprint density at radius 2 is 1.77 bits per heavy atom. The van der Waals surface area contributed by atoms with E-state index in [4.69, 9.17) is 4.74 Å². The van der Waals surface area contributed by atoms with E-state index in [9.17, 15) is 19.5 Å². The van der Waals surface area contributed by atoms with Gasteiger partial charge in [0.25, 0.3) is 0 Å². The van der Waals surface area contributed by atoms with E-state index in [1.54, 1.807) is 18.2 Å². The SMILES string of the molecule is Cc1cc(OCP(=O)(O)N=O)cc(C)c1Cc1ccc(O)c(N(C)C)c1. The van der Waals surface area contributed by atoms with Crippen LogP contribution >= 0.6 is 7.52 Å². The fourth-order valence-electron chi connectivity index (χ4n) is 2.74. The first-order valence-electron chi connectivity index (χ1n) is 8.02. The Labute approximate surface area is 152 Å². The van der Waals surface area contributed by atoms with Gasteiger partial charge in [-0.3, -0.25) is 4.57 Å². The molecular weight excluding hydrogens is 355 g/mol. The summed E-state index contributed by atoms with van der Waals surface area (Å²) >= 11 is 0. The van der Waals surface area contributed by atoms with Gasteiger partial charge < -0.3 is 19.6 Å². The van der Waals surface area contributed by atoms with Crippen molar-refractivity contribution in [3.63, 3.8) is 0 Å². The minimum Gasteiger partial charge on any atom is -0.506 e. The van der Waals surface area contributed by atoms with E-state index in [-0.39, 0.29) is 5.75 Å². The Balaban J connectivity index is 2.25. The van der Waals surface area contributed by atoms with Gasteiger partial charge in [0.15, 0.2) is 6.35 Å². The van der Waals surface area contributed by atoms with Gasteiger partial charge in [-0.15, -0.1) is 4.91 Å². The van der Waals surface area contributed by atoms with Crippen LogP contribution in [0.4, 0.5) is 5.69 Å². The van der Waals surface area contributed by atoms with Gasteiger partial charge in [0.05, 0.1) is 5.69 Å². The van der Waals surface area contributed by atoms with Crippen molar-refractivity contribution in [3.05, 3.63) is 57.5 Å². The number of ether oxygens (including phenoxy) is 1. The monoisotopic (exact) mass is 378 g/mol. The van der Waals surface area contributed by atoms with Crippen molar-refractivity contribution in [1.29, 1.82) is 0 Å². The Hall–Kier alpha value is -2.37. The lowest BCUT2D eigenvalue weighted by Gasteiger charge is -2.17. The minimum absolute atomic E-state index is 0.230. The van der Waals surface area contributed by atoms with Crippen molar-refractivity contribution >= 4 is 13.2 Å². The summed E-state index contributed by atoms with van der Waals surface area (Å²) in [5, 5.41) is 9.93. The molecule has 2 rings (SSSR count). The summed E-state index contributed by atoms with van der Waals surface area (Å²) in [5.41, 5.74) is 4.83. The summed E-state index contributed by atoms with van der Waals surface area (Å²) < 4.78 is 16.5. The number of phenols is 1. The van der Waals surface area contributed by atoms with Crippen molar-refractivity contribution < 1.29 is 19.3 Å². The summed E-state index contributed by atoms with van der Waals surface area (Å²) in [6, 6.07) is 9.03. The molecule has 0 aliphatic heterocycles. The second-order valence-corrected chi connectivity index (χ2v) is 8.20. The van der Waals surface area contributed by atoms with Crippen LogP contribution in [0, 0.1) is 18.8 Å². The van der Waals surface area contributed by atoms with Gasteiger partial charge in [-0.25, -0.2) is 0 Å². The molecule has 7 nitrogen and oxygen atoms in total. The largest absolute Gasteiger partial charge is 0.506 e. The molecule has 1 atom stereocenters. The molecule has 0 spiro atoms. The van der Waals surface area contributed by atoms with Crippen LogP contribution < -0.4 is 9.64 Å². The number of aryl methyl sites for hydroxylation is 2. The molecule has 0 heterocycles. The summed E-state index contributed by atoms with van der Waals surface area (Å²) in [4.78, 5) is 23.5. The highest BCUT2D eigenvalue weighted by Gasteiger charge is 2.20. The van der Waals surface area contributed by atoms with Crippen LogP contribution in [-0.2, 0) is 11.0 Å². The standard InChI is InChI=1S/C18H23N2O5P/c1-12-7-15(25-11-26(23,24)19-22)8-13(2)16(12)9-14-5-6-18(21)17(10-14)20(3)4/h5-8,10,21H,9,11H2,1-4H3,(H,23,24). The van der Waals surface area contributed by atoms with Crippen LogP contribution in [0.1, 0.15) is 22.3 Å². The lowest BCUT2D eigenvalue weighted by molar-refractivity contribution is 0.349. The fraction of sp³-hybridized carbons (Fsp3) is 0.333. The van der Waals surface area contributed by atoms with Crippen LogP contribution in [0.25, 0.3) is 0 Å². The number of nitroso groups, excluding NO2 is 1. The minimum atomic E-state index is -4.14. The van der Waals surface area contributed by atoms with Crippen molar-refractivity contribution in [3.8, 4) is 11.5 Å². The zero-order valence-electron chi connectivity index (χ0n) is 15.3. The lowest BCUT2D eigenvalue weighted by atomic mass is 9.95. The number of hydrogen-bond acceptors (Lipinski definition) is 5. The first-order valence-corrected chi connectivity index (χ1v) is 9.81. The molecule has 0 aromatic heterocycles. The lowest BCUT2D eigenvalue weighted by Crippen LogP contribution is -2.09. The molecule has 140 valence electrons. The molecule has 0 aliphatic rings. The first kappa shape index (κ1) is 19.9. The van der Waals surface area contributed by atoms with Gasteiger partial charge in [0.2, 0.25) is 0 Å². The van der Waals surface area contributed by atoms with E-state index in [2.05, 4.69) is 4.95 Å². The number of anilines is 1. The zero-order chi connectivity index (χ0) is 19.5. The maximum Gasteiger partial charge on any atom is 0.385 e. The third kappa shape index (κ3) is 4.84. The zero-order valence-corrected chi connectivity index (χ0v) is 16.2. The fourth-order valence-corrected chi connectivity index (χ4v) is 3.10. The van der Waals surface area contributed by atoms with E-state index in [1.165, 1.54) is 0 Å². The number of rotatable bonds is 7. The van der Waals surface area contributed by atoms with Crippen LogP contribution in [0.3, 0.4) is 0 Å². The van der Waals surface area contributed by atoms with Gasteiger partial charge in [-0.05, 0) is 66.8 Å². The highest BCUT2D eigenvalue weighted by atomic mass is 31.2. The van der Waals surface area contributed by atoms with Crippen LogP contribution in [0.5, 0.6) is 11.5 Å². The number of phenolic OH excluding ortho intramolecular Hbond substituents is 1. The Morgan fingerprint density at radius 1 is 1.15 bits per heavy atom. The van der Waals surface area contributed by atoms with E-state index in [1.807, 2.05) is 45.0 Å². The van der Waals surface area contributed by atoms with E-state index in [0.717, 1.165) is 27.9 Å². The normalized spacial score (nSPS) is 13.1. The molecule has 0 saturated carbocycles. The third-order valence-corrected chi connectivity index (χ3v) is 4.82. The summed E-state index contributed by atoms with van der Waals surface area (Å²) in [6.07, 6.45) is 0.0341. The number of aromatic hydroxyl groups is 1. The molecule has 2 aromatic carbocycles. The van der Waals surface area contributed by atoms with E-state index >= 15 is 0 Å². The maximum absolute atomic E-state index is 11.3. The maximum atomic E-state index is 11.3. The Morgan fingerprint density at radius 3 is 2.31 bits per heavy atom. The van der Waals surface area contributed by atoms with Gasteiger partial charge in [0.1, 0.15) is 11.5 Å². The molecule has 0 bridgehead atoms. The molecular formula is C18H23N2O5P. The number of benzene rings is 2. The molecule has 8 heteroatoms. The third-order valence-electron chi connectivity index (χ3n) is 4.10. The molecule has 0 amide bonds. The highest BCUT2D eigenvalue weighted by molar-refractivity contribution is 7.56. The summed E-state index contributed by atoms with van der Waals surface area (Å²) in [6.45, 7) is 3.86. The molecule has 0 radical (unpaired) electrons. The molecule has 26 heavy (non-hydrogen) atoms. The van der Waals surface area contributed by atoms with Crippen molar-refractivity contribution in [2.24, 2.45) is 4.95 Å². The van der Waals surface area contributed by atoms with Crippen molar-refractivity contribution in [1.82, 2.24) is 0 Å². The molecule has 1 unspecified atom stereocenters. The molecule has 2 N–H and O–H groups in total. The predicted molar refractivity (Wildman–Crippen MR) is 102 cm³/mol. The topological polar surface area (TPSA) is 99.4 Å². The second-order valence-electron chi connectivity index (χ2n) is 6.45. The average Bonchev–Trinajstić information content (AvgIpc) is 2.57. The van der Waals surface area contributed by atoms with Crippen LogP contribution in [-0.4, -0.2) is 30.4 Å². The van der Waals surface area contributed by atoms with E-state index < -0.39 is 13.9 Å². The second kappa shape index (κ2) is 7.89. The Bertz CT molecular complexity index is 844. The van der Waals surface area contributed by atoms with Crippen molar-refractivity contribution in [2.45, 2.75) is 20.3 Å². The summed E-state index contributed by atoms with van der Waals surface area (Å²) in [7, 11) is -0.395. The van der Waals surface area contributed by atoms with Gasteiger partial charge >= 0.3 is 7.52 Å². The van der Waals surface area contributed by atoms with Gasteiger partial charge in [-0.2, -0.15) is 0 Å². The quantitative estimate of drug-likeness (QED) is 0.559. The number of nitrogens with zero attached hydrogens (tertiary/aromatic N) is 2. The predicted octanol–water partition coefficient (Wildman–Crippen LogP) is 3.95. The first-order chi connectivity index (χ1) is 12.1. The molecule has 0 aliphatic carbocycles. The smallest absolute Gasteiger partial charge is 0.385 e. The molecule has 0 saturated heterocycles. The molecule has 0 fully saturated rings. The average molecular weight is 378 g/mol. The number of hydrogen-bond donors (Lipinski definition) is 2. The highest BCUT2D eigenvalue weighted by Crippen LogP contribution is 2.41. The van der Waals surface area contributed by atoms with Crippen LogP contribution in [0.2, 0.25) is 0 Å². The van der Waals surface area contributed by atoms with Crippen LogP contribution in [0.15, 0.2) is 35.3 Å². The van der Waals surface area contributed by atoms with E-state index in [0.29, 0.717) is 12.2 Å². The van der Waals surface area contributed by atoms with Crippen molar-refractivity contribution in [2.75, 3.05) is 25.3 Å².